The largest absolute Gasteiger partial charge is 0.455 e. The van der Waals surface area contributed by atoms with Crippen LogP contribution in [0.15, 0.2) is 34.1 Å². The van der Waals surface area contributed by atoms with Crippen LogP contribution in [0.5, 0.6) is 0 Å². The van der Waals surface area contributed by atoms with E-state index in [9.17, 15) is 4.79 Å². The van der Waals surface area contributed by atoms with E-state index in [2.05, 4.69) is 0 Å². The van der Waals surface area contributed by atoms with Crippen LogP contribution in [0.1, 0.15) is 21.2 Å². The van der Waals surface area contributed by atoms with E-state index in [0.717, 1.165) is 14.3 Å². The number of rotatable bonds is 4. The van der Waals surface area contributed by atoms with Crippen molar-refractivity contribution < 1.29 is 13.9 Å². The standard InChI is InChI=1S/C13H10O3S2/c1-15-7-8-2-3-9(16-8)13(14)12-6-11-10(18-12)4-5-17-11/h2-6H,7H2,1H3. The number of fused-ring (bicyclic) bond motifs is 1. The van der Waals surface area contributed by atoms with Crippen molar-refractivity contribution in [3.05, 3.63) is 46.0 Å². The van der Waals surface area contributed by atoms with Gasteiger partial charge in [0.05, 0.1) is 4.88 Å². The number of hydrogen-bond acceptors (Lipinski definition) is 5. The molecule has 3 nitrogen and oxygen atoms in total. The molecule has 0 atom stereocenters. The molecule has 3 aromatic heterocycles. The van der Waals surface area contributed by atoms with Crippen LogP contribution in [0.4, 0.5) is 0 Å². The number of hydrogen-bond donors (Lipinski definition) is 0. The summed E-state index contributed by atoms with van der Waals surface area (Å²) in [6.45, 7) is 0.382. The van der Waals surface area contributed by atoms with Crippen molar-refractivity contribution in [3.63, 3.8) is 0 Å². The Bertz CT molecular complexity index is 661. The van der Waals surface area contributed by atoms with Crippen LogP contribution in [0, 0.1) is 0 Å². The van der Waals surface area contributed by atoms with Gasteiger partial charge in [0, 0.05) is 16.5 Å². The molecule has 0 N–H and O–H groups in total. The van der Waals surface area contributed by atoms with Gasteiger partial charge in [-0.25, -0.2) is 0 Å². The number of thiophene rings is 2. The summed E-state index contributed by atoms with van der Waals surface area (Å²) in [5, 5.41) is 2.03. The van der Waals surface area contributed by atoms with Crippen LogP contribution in [0.2, 0.25) is 0 Å². The minimum Gasteiger partial charge on any atom is -0.455 e. The second kappa shape index (κ2) is 4.68. The maximum atomic E-state index is 12.2. The minimum atomic E-state index is -0.0641. The second-order valence-electron chi connectivity index (χ2n) is 3.79. The predicted octanol–water partition coefficient (Wildman–Crippen LogP) is 3.93. The first kappa shape index (κ1) is 11.6. The molecule has 0 unspecified atom stereocenters. The SMILES string of the molecule is COCc1ccc(C(=O)c2cc3sccc3s2)o1. The van der Waals surface area contributed by atoms with Crippen molar-refractivity contribution in [1.82, 2.24) is 0 Å². The van der Waals surface area contributed by atoms with Crippen molar-refractivity contribution in [2.75, 3.05) is 7.11 Å². The average molecular weight is 278 g/mol. The number of carbonyl (C=O) groups is 1. The Kier molecular flexibility index (Phi) is 3.03. The Morgan fingerprint density at radius 1 is 1.33 bits per heavy atom. The predicted molar refractivity (Wildman–Crippen MR) is 72.6 cm³/mol. The summed E-state index contributed by atoms with van der Waals surface area (Å²) < 4.78 is 12.7. The molecule has 0 aliphatic rings. The molecule has 3 rings (SSSR count). The molecular weight excluding hydrogens is 268 g/mol. The van der Waals surface area contributed by atoms with Crippen LogP contribution in [0.25, 0.3) is 9.40 Å². The van der Waals surface area contributed by atoms with E-state index in [4.69, 9.17) is 9.15 Å². The average Bonchev–Trinajstić information content (AvgIpc) is 3.02. The molecule has 0 spiro atoms. The van der Waals surface area contributed by atoms with E-state index in [-0.39, 0.29) is 5.78 Å². The molecule has 0 saturated carbocycles. The molecule has 92 valence electrons. The molecule has 0 radical (unpaired) electrons. The van der Waals surface area contributed by atoms with Crippen LogP contribution in [-0.2, 0) is 11.3 Å². The molecular formula is C13H10O3S2. The highest BCUT2D eigenvalue weighted by molar-refractivity contribution is 7.28. The zero-order chi connectivity index (χ0) is 12.5. The molecule has 0 aromatic carbocycles. The highest BCUT2D eigenvalue weighted by atomic mass is 32.1. The lowest BCUT2D eigenvalue weighted by molar-refractivity contribution is 0.100. The van der Waals surface area contributed by atoms with Gasteiger partial charge in [-0.1, -0.05) is 0 Å². The fraction of sp³-hybridized carbons (Fsp3) is 0.154. The Morgan fingerprint density at radius 3 is 3.00 bits per heavy atom. The summed E-state index contributed by atoms with van der Waals surface area (Å²) in [6, 6.07) is 7.42. The molecule has 3 aromatic rings. The maximum Gasteiger partial charge on any atom is 0.238 e. The van der Waals surface area contributed by atoms with Gasteiger partial charge < -0.3 is 9.15 Å². The quantitative estimate of drug-likeness (QED) is 0.679. The van der Waals surface area contributed by atoms with Gasteiger partial charge in [-0.05, 0) is 29.6 Å². The summed E-state index contributed by atoms with van der Waals surface area (Å²) in [5.74, 6) is 0.973. The highest BCUT2D eigenvalue weighted by Gasteiger charge is 2.16. The summed E-state index contributed by atoms with van der Waals surface area (Å²) >= 11 is 3.14. The molecule has 5 heteroatoms. The monoisotopic (exact) mass is 278 g/mol. The summed E-state index contributed by atoms with van der Waals surface area (Å²) in [6.07, 6.45) is 0. The second-order valence-corrected chi connectivity index (χ2v) is 5.82. The number of carbonyl (C=O) groups excluding carboxylic acids is 1. The van der Waals surface area contributed by atoms with Crippen molar-refractivity contribution in [3.8, 4) is 0 Å². The molecule has 0 aliphatic carbocycles. The van der Waals surface area contributed by atoms with E-state index in [1.807, 2.05) is 17.5 Å². The Balaban J connectivity index is 1.91. The highest BCUT2D eigenvalue weighted by Crippen LogP contribution is 2.31. The van der Waals surface area contributed by atoms with Gasteiger partial charge in [0.15, 0.2) is 5.76 Å². The first-order valence-corrected chi connectivity index (χ1v) is 7.07. The van der Waals surface area contributed by atoms with E-state index >= 15 is 0 Å². The van der Waals surface area contributed by atoms with Gasteiger partial charge in [0.2, 0.25) is 5.78 Å². The van der Waals surface area contributed by atoms with E-state index in [1.165, 1.54) is 11.3 Å². The molecule has 0 aliphatic heterocycles. The van der Waals surface area contributed by atoms with Crippen molar-refractivity contribution in [2.24, 2.45) is 0 Å². The van der Waals surface area contributed by atoms with Crippen LogP contribution in [-0.4, -0.2) is 12.9 Å². The summed E-state index contributed by atoms with van der Waals surface area (Å²) in [5.41, 5.74) is 0. The van der Waals surface area contributed by atoms with Crippen LogP contribution in [0.3, 0.4) is 0 Å². The fourth-order valence-corrected chi connectivity index (χ4v) is 3.77. The number of methoxy groups -OCH3 is 1. The van der Waals surface area contributed by atoms with Gasteiger partial charge in [-0.3, -0.25) is 4.79 Å². The molecule has 3 heterocycles. The van der Waals surface area contributed by atoms with Gasteiger partial charge in [0.1, 0.15) is 12.4 Å². The third-order valence-corrected chi connectivity index (χ3v) is 4.63. The molecule has 18 heavy (non-hydrogen) atoms. The molecule has 0 amide bonds. The van der Waals surface area contributed by atoms with E-state index < -0.39 is 0 Å². The van der Waals surface area contributed by atoms with E-state index in [0.29, 0.717) is 18.1 Å². The van der Waals surface area contributed by atoms with Gasteiger partial charge in [-0.2, -0.15) is 0 Å². The first-order chi connectivity index (χ1) is 8.78. The van der Waals surface area contributed by atoms with Gasteiger partial charge in [-0.15, -0.1) is 22.7 Å². The summed E-state index contributed by atoms with van der Waals surface area (Å²) in [4.78, 5) is 12.9. The third-order valence-electron chi connectivity index (χ3n) is 2.54. The summed E-state index contributed by atoms with van der Waals surface area (Å²) in [7, 11) is 1.59. The van der Waals surface area contributed by atoms with Crippen LogP contribution < -0.4 is 0 Å². The molecule has 0 saturated heterocycles. The van der Waals surface area contributed by atoms with Crippen LogP contribution >= 0.6 is 22.7 Å². The lowest BCUT2D eigenvalue weighted by Crippen LogP contribution is -1.95. The lowest BCUT2D eigenvalue weighted by atomic mass is 10.2. The fourth-order valence-electron chi connectivity index (χ4n) is 1.72. The van der Waals surface area contributed by atoms with Gasteiger partial charge in [0.25, 0.3) is 0 Å². The van der Waals surface area contributed by atoms with E-state index in [1.54, 1.807) is 30.6 Å². The minimum absolute atomic E-state index is 0.0641. The number of ether oxygens (including phenoxy) is 1. The lowest BCUT2D eigenvalue weighted by Gasteiger charge is -1.94. The normalized spacial score (nSPS) is 11.2. The smallest absolute Gasteiger partial charge is 0.238 e. The Labute approximate surface area is 112 Å². The maximum absolute atomic E-state index is 12.2. The van der Waals surface area contributed by atoms with Crippen molar-refractivity contribution in [1.29, 1.82) is 0 Å². The number of furan rings is 1. The first-order valence-electron chi connectivity index (χ1n) is 5.37. The zero-order valence-corrected chi connectivity index (χ0v) is 11.3. The Morgan fingerprint density at radius 2 is 2.22 bits per heavy atom. The molecule has 0 fully saturated rings. The Hall–Kier alpha value is -1.43. The third kappa shape index (κ3) is 2.01. The number of ketones is 1. The topological polar surface area (TPSA) is 39.4 Å². The molecule has 0 bridgehead atoms. The zero-order valence-electron chi connectivity index (χ0n) is 9.64. The van der Waals surface area contributed by atoms with Crippen molar-refractivity contribution in [2.45, 2.75) is 6.61 Å². The van der Waals surface area contributed by atoms with Crippen molar-refractivity contribution >= 4 is 37.9 Å². The van der Waals surface area contributed by atoms with Gasteiger partial charge >= 0.3 is 0 Å².